The summed E-state index contributed by atoms with van der Waals surface area (Å²) < 4.78 is 28.3. The number of carbonyl (C=O) groups is 1. The number of carbonyl (C=O) groups excluding carboxylic acids is 1. The minimum atomic E-state index is -3.61. The summed E-state index contributed by atoms with van der Waals surface area (Å²) in [4.78, 5) is 12.2. The Morgan fingerprint density at radius 1 is 1.04 bits per heavy atom. The summed E-state index contributed by atoms with van der Waals surface area (Å²) in [5, 5.41) is 2.75. The lowest BCUT2D eigenvalue weighted by molar-refractivity contribution is -0.116. The molecule has 0 aliphatic heterocycles. The maximum atomic E-state index is 12.5. The monoisotopic (exact) mass is 436 g/mol. The molecule has 1 aliphatic carbocycles. The summed E-state index contributed by atoms with van der Waals surface area (Å²) in [6.07, 6.45) is 4.26. The maximum Gasteiger partial charge on any atom is 0.240 e. The molecule has 1 amide bonds. The van der Waals surface area contributed by atoms with E-state index in [0.29, 0.717) is 5.69 Å². The Labute approximate surface area is 162 Å². The number of amides is 1. The second-order valence-electron chi connectivity index (χ2n) is 6.34. The fourth-order valence-electron chi connectivity index (χ4n) is 3.05. The number of anilines is 1. The molecule has 138 valence electrons. The highest BCUT2D eigenvalue weighted by molar-refractivity contribution is 9.10. The van der Waals surface area contributed by atoms with Gasteiger partial charge in [0.25, 0.3) is 0 Å². The van der Waals surface area contributed by atoms with E-state index < -0.39 is 10.0 Å². The van der Waals surface area contributed by atoms with Crippen LogP contribution in [0.5, 0.6) is 0 Å². The SMILES string of the molecule is O=C(CCNS(=O)(=O)c1ccc2c(c1)CCCC2)Nc1cccc(Br)c1. The molecule has 0 aromatic heterocycles. The molecule has 5 nitrogen and oxygen atoms in total. The molecule has 26 heavy (non-hydrogen) atoms. The molecular formula is C19H21BrN2O3S. The van der Waals surface area contributed by atoms with Gasteiger partial charge in [0.1, 0.15) is 0 Å². The van der Waals surface area contributed by atoms with Crippen LogP contribution in [0.1, 0.15) is 30.4 Å². The third-order valence-corrected chi connectivity index (χ3v) is 6.33. The van der Waals surface area contributed by atoms with E-state index in [9.17, 15) is 13.2 Å². The highest BCUT2D eigenvalue weighted by atomic mass is 79.9. The molecule has 0 spiro atoms. The van der Waals surface area contributed by atoms with Gasteiger partial charge in [-0.1, -0.05) is 28.1 Å². The van der Waals surface area contributed by atoms with E-state index in [1.807, 2.05) is 18.2 Å². The second kappa shape index (κ2) is 8.33. The molecule has 2 aromatic rings. The number of hydrogen-bond donors (Lipinski definition) is 2. The molecule has 0 unspecified atom stereocenters. The van der Waals surface area contributed by atoms with Crippen LogP contribution in [0.15, 0.2) is 51.8 Å². The molecule has 2 N–H and O–H groups in total. The van der Waals surface area contributed by atoms with Crippen LogP contribution in [-0.2, 0) is 27.7 Å². The van der Waals surface area contributed by atoms with Crippen LogP contribution in [-0.4, -0.2) is 20.9 Å². The van der Waals surface area contributed by atoms with Crippen molar-refractivity contribution in [1.82, 2.24) is 4.72 Å². The van der Waals surface area contributed by atoms with Gasteiger partial charge in [-0.05, 0) is 67.1 Å². The number of sulfonamides is 1. The first-order chi connectivity index (χ1) is 12.4. The Morgan fingerprint density at radius 3 is 2.58 bits per heavy atom. The van der Waals surface area contributed by atoms with Gasteiger partial charge < -0.3 is 5.32 Å². The summed E-state index contributed by atoms with van der Waals surface area (Å²) in [7, 11) is -3.61. The highest BCUT2D eigenvalue weighted by Gasteiger charge is 2.17. The van der Waals surface area contributed by atoms with Crippen molar-refractivity contribution >= 4 is 37.5 Å². The Morgan fingerprint density at radius 2 is 1.81 bits per heavy atom. The molecule has 1 aliphatic rings. The largest absolute Gasteiger partial charge is 0.326 e. The van der Waals surface area contributed by atoms with Crippen LogP contribution in [0.4, 0.5) is 5.69 Å². The predicted octanol–water partition coefficient (Wildman–Crippen LogP) is 3.64. The number of benzene rings is 2. The number of nitrogens with one attached hydrogen (secondary N) is 2. The van der Waals surface area contributed by atoms with Crippen LogP contribution in [0.25, 0.3) is 0 Å². The van der Waals surface area contributed by atoms with E-state index >= 15 is 0 Å². The van der Waals surface area contributed by atoms with Gasteiger partial charge in [0.05, 0.1) is 4.90 Å². The van der Waals surface area contributed by atoms with Crippen molar-refractivity contribution in [3.05, 3.63) is 58.1 Å². The molecule has 2 aromatic carbocycles. The molecule has 7 heteroatoms. The van der Waals surface area contributed by atoms with Crippen molar-refractivity contribution in [2.75, 3.05) is 11.9 Å². The van der Waals surface area contributed by atoms with E-state index in [1.165, 1.54) is 5.56 Å². The summed E-state index contributed by atoms with van der Waals surface area (Å²) in [5.41, 5.74) is 3.03. The Kier molecular flexibility index (Phi) is 6.11. The van der Waals surface area contributed by atoms with Crippen LogP contribution < -0.4 is 10.0 Å². The lowest BCUT2D eigenvalue weighted by Gasteiger charge is -2.16. The molecule has 0 saturated heterocycles. The Hall–Kier alpha value is -1.70. The Balaban J connectivity index is 1.56. The Bertz CT molecular complexity index is 913. The fourth-order valence-corrected chi connectivity index (χ4v) is 4.53. The smallest absolute Gasteiger partial charge is 0.240 e. The zero-order chi connectivity index (χ0) is 18.6. The van der Waals surface area contributed by atoms with Crippen LogP contribution >= 0.6 is 15.9 Å². The first-order valence-corrected chi connectivity index (χ1v) is 10.9. The molecule has 0 atom stereocenters. The van der Waals surface area contributed by atoms with Crippen LogP contribution in [0.2, 0.25) is 0 Å². The van der Waals surface area contributed by atoms with Crippen molar-refractivity contribution in [1.29, 1.82) is 0 Å². The maximum absolute atomic E-state index is 12.5. The van der Waals surface area contributed by atoms with E-state index in [2.05, 4.69) is 26.0 Å². The zero-order valence-corrected chi connectivity index (χ0v) is 16.7. The van der Waals surface area contributed by atoms with Gasteiger partial charge in [-0.2, -0.15) is 0 Å². The predicted molar refractivity (Wildman–Crippen MR) is 106 cm³/mol. The third-order valence-electron chi connectivity index (χ3n) is 4.38. The van der Waals surface area contributed by atoms with Crippen molar-refractivity contribution in [2.45, 2.75) is 37.0 Å². The standard InChI is InChI=1S/C19H21BrN2O3S/c20-16-6-3-7-17(13-16)22-19(23)10-11-21-26(24,25)18-9-8-14-4-1-2-5-15(14)12-18/h3,6-9,12-13,21H,1-2,4-5,10-11H2,(H,22,23). The minimum Gasteiger partial charge on any atom is -0.326 e. The summed E-state index contributed by atoms with van der Waals surface area (Å²) in [6, 6.07) is 12.6. The zero-order valence-electron chi connectivity index (χ0n) is 14.3. The number of aryl methyl sites for hydroxylation is 2. The van der Waals surface area contributed by atoms with Gasteiger partial charge >= 0.3 is 0 Å². The number of fused-ring (bicyclic) bond motifs is 1. The van der Waals surface area contributed by atoms with E-state index in [-0.39, 0.29) is 23.8 Å². The van der Waals surface area contributed by atoms with Crippen molar-refractivity contribution in [3.8, 4) is 0 Å². The average Bonchev–Trinajstić information content (AvgIpc) is 2.61. The second-order valence-corrected chi connectivity index (χ2v) is 9.03. The van der Waals surface area contributed by atoms with E-state index in [0.717, 1.165) is 35.7 Å². The number of halogens is 1. The highest BCUT2D eigenvalue weighted by Crippen LogP contribution is 2.24. The van der Waals surface area contributed by atoms with Crippen LogP contribution in [0.3, 0.4) is 0 Å². The van der Waals surface area contributed by atoms with Gasteiger partial charge in [-0.25, -0.2) is 13.1 Å². The number of rotatable bonds is 6. The van der Waals surface area contributed by atoms with Gasteiger partial charge in [0.2, 0.25) is 15.9 Å². The lowest BCUT2D eigenvalue weighted by atomic mass is 9.92. The van der Waals surface area contributed by atoms with Gasteiger partial charge in [0.15, 0.2) is 0 Å². The fraction of sp³-hybridized carbons (Fsp3) is 0.316. The van der Waals surface area contributed by atoms with Gasteiger partial charge in [0, 0.05) is 23.1 Å². The molecule has 0 saturated carbocycles. The van der Waals surface area contributed by atoms with Crippen molar-refractivity contribution in [3.63, 3.8) is 0 Å². The average molecular weight is 437 g/mol. The lowest BCUT2D eigenvalue weighted by Crippen LogP contribution is -2.28. The van der Waals surface area contributed by atoms with Gasteiger partial charge in [-0.15, -0.1) is 0 Å². The number of hydrogen-bond acceptors (Lipinski definition) is 3. The first-order valence-electron chi connectivity index (χ1n) is 8.61. The topological polar surface area (TPSA) is 75.3 Å². The molecule has 0 bridgehead atoms. The third kappa shape index (κ3) is 4.93. The molecule has 0 radical (unpaired) electrons. The molecule has 0 fully saturated rings. The normalized spacial score (nSPS) is 13.9. The first kappa shape index (κ1) is 19.1. The van der Waals surface area contributed by atoms with Gasteiger partial charge in [-0.3, -0.25) is 4.79 Å². The summed E-state index contributed by atoms with van der Waals surface area (Å²) in [6.45, 7) is 0.0548. The quantitative estimate of drug-likeness (QED) is 0.725. The summed E-state index contributed by atoms with van der Waals surface area (Å²) >= 11 is 3.34. The minimum absolute atomic E-state index is 0.0548. The van der Waals surface area contributed by atoms with Crippen LogP contribution in [0, 0.1) is 0 Å². The summed E-state index contributed by atoms with van der Waals surface area (Å²) in [5.74, 6) is -0.240. The molecule has 0 heterocycles. The molecular weight excluding hydrogens is 416 g/mol. The molecule has 3 rings (SSSR count). The van der Waals surface area contributed by atoms with E-state index in [4.69, 9.17) is 0 Å². The van der Waals surface area contributed by atoms with E-state index in [1.54, 1.807) is 24.3 Å². The van der Waals surface area contributed by atoms with Crippen molar-refractivity contribution in [2.24, 2.45) is 0 Å². The van der Waals surface area contributed by atoms with Crippen molar-refractivity contribution < 1.29 is 13.2 Å².